The summed E-state index contributed by atoms with van der Waals surface area (Å²) in [6.45, 7) is 11.1. The summed E-state index contributed by atoms with van der Waals surface area (Å²) in [5, 5.41) is 7.21. The number of hydrogen-bond acceptors (Lipinski definition) is 5. The van der Waals surface area contributed by atoms with Crippen LogP contribution in [0.2, 0.25) is 0 Å². The van der Waals surface area contributed by atoms with Gasteiger partial charge in [0.1, 0.15) is 0 Å². The highest BCUT2D eigenvalue weighted by atomic mass is 16.5. The van der Waals surface area contributed by atoms with Crippen LogP contribution in [0.15, 0.2) is 10.9 Å². The van der Waals surface area contributed by atoms with E-state index in [1.165, 1.54) is 6.33 Å². The molecule has 17 heavy (non-hydrogen) atoms. The minimum atomic E-state index is 0.309. The Morgan fingerprint density at radius 2 is 2.35 bits per heavy atom. The van der Waals surface area contributed by atoms with Gasteiger partial charge >= 0.3 is 0 Å². The summed E-state index contributed by atoms with van der Waals surface area (Å²) < 4.78 is 5.02. The lowest BCUT2D eigenvalue weighted by Gasteiger charge is -2.40. The Bertz CT molecular complexity index is 331. The molecule has 0 radical (unpaired) electrons. The summed E-state index contributed by atoms with van der Waals surface area (Å²) in [7, 11) is 0. The van der Waals surface area contributed by atoms with Crippen molar-refractivity contribution < 1.29 is 4.52 Å². The number of piperazine rings is 1. The fraction of sp³-hybridized carbons (Fsp3) is 0.833. The van der Waals surface area contributed by atoms with Gasteiger partial charge in [-0.05, 0) is 5.41 Å². The molecule has 0 saturated carbocycles. The predicted molar refractivity (Wildman–Crippen MR) is 65.7 cm³/mol. The molecule has 5 heteroatoms. The van der Waals surface area contributed by atoms with Crippen molar-refractivity contribution in [3.63, 3.8) is 0 Å². The SMILES string of the molecule is CC(C)(C)C1CN(CCc2ncno2)CCN1. The monoisotopic (exact) mass is 238 g/mol. The van der Waals surface area contributed by atoms with Crippen molar-refractivity contribution in [1.82, 2.24) is 20.4 Å². The van der Waals surface area contributed by atoms with Crippen LogP contribution in [0, 0.1) is 5.41 Å². The number of aromatic nitrogens is 2. The summed E-state index contributed by atoms with van der Waals surface area (Å²) in [5.74, 6) is 0.732. The van der Waals surface area contributed by atoms with Crippen molar-refractivity contribution >= 4 is 0 Å². The van der Waals surface area contributed by atoms with E-state index in [1.54, 1.807) is 0 Å². The Kier molecular flexibility index (Phi) is 3.79. The number of rotatable bonds is 3. The number of nitrogens with zero attached hydrogens (tertiary/aromatic N) is 3. The molecule has 0 spiro atoms. The zero-order valence-electron chi connectivity index (χ0n) is 10.9. The molecule has 1 fully saturated rings. The molecule has 1 saturated heterocycles. The van der Waals surface area contributed by atoms with Crippen LogP contribution in [0.5, 0.6) is 0 Å². The maximum Gasteiger partial charge on any atom is 0.227 e. The van der Waals surface area contributed by atoms with Crippen LogP contribution in [0.3, 0.4) is 0 Å². The number of hydrogen-bond donors (Lipinski definition) is 1. The molecule has 1 aliphatic rings. The zero-order chi connectivity index (χ0) is 12.3. The van der Waals surface area contributed by atoms with E-state index < -0.39 is 0 Å². The maximum atomic E-state index is 5.02. The molecule has 1 aliphatic heterocycles. The van der Waals surface area contributed by atoms with Gasteiger partial charge in [-0.2, -0.15) is 4.98 Å². The zero-order valence-corrected chi connectivity index (χ0v) is 10.9. The average Bonchev–Trinajstić information content (AvgIpc) is 2.78. The van der Waals surface area contributed by atoms with Gasteiger partial charge < -0.3 is 9.84 Å². The van der Waals surface area contributed by atoms with Crippen molar-refractivity contribution in [3.8, 4) is 0 Å². The van der Waals surface area contributed by atoms with Gasteiger partial charge in [-0.1, -0.05) is 25.9 Å². The van der Waals surface area contributed by atoms with Gasteiger partial charge in [-0.15, -0.1) is 0 Å². The normalized spacial score (nSPS) is 22.9. The fourth-order valence-corrected chi connectivity index (χ4v) is 2.15. The summed E-state index contributed by atoms with van der Waals surface area (Å²) in [6.07, 6.45) is 2.31. The van der Waals surface area contributed by atoms with Gasteiger partial charge in [0, 0.05) is 38.6 Å². The van der Waals surface area contributed by atoms with Gasteiger partial charge in [-0.3, -0.25) is 4.90 Å². The van der Waals surface area contributed by atoms with Crippen molar-refractivity contribution in [2.45, 2.75) is 33.2 Å². The number of nitrogens with one attached hydrogen (secondary N) is 1. The quantitative estimate of drug-likeness (QED) is 0.849. The average molecular weight is 238 g/mol. The molecule has 1 unspecified atom stereocenters. The van der Waals surface area contributed by atoms with E-state index in [2.05, 4.69) is 41.1 Å². The van der Waals surface area contributed by atoms with E-state index in [1.807, 2.05) is 0 Å². The molecule has 96 valence electrons. The first-order valence-corrected chi connectivity index (χ1v) is 6.27. The van der Waals surface area contributed by atoms with Crippen molar-refractivity contribution in [1.29, 1.82) is 0 Å². The minimum Gasteiger partial charge on any atom is -0.340 e. The van der Waals surface area contributed by atoms with E-state index in [-0.39, 0.29) is 0 Å². The van der Waals surface area contributed by atoms with E-state index in [4.69, 9.17) is 4.52 Å². The maximum absolute atomic E-state index is 5.02. The molecule has 2 heterocycles. The highest BCUT2D eigenvalue weighted by molar-refractivity contribution is 4.88. The topological polar surface area (TPSA) is 54.2 Å². The van der Waals surface area contributed by atoms with Crippen LogP contribution in [-0.2, 0) is 6.42 Å². The molecule has 1 aromatic heterocycles. The smallest absolute Gasteiger partial charge is 0.227 e. The highest BCUT2D eigenvalue weighted by Crippen LogP contribution is 2.21. The molecule has 0 bridgehead atoms. The molecule has 2 rings (SSSR count). The lowest BCUT2D eigenvalue weighted by Crippen LogP contribution is -2.56. The van der Waals surface area contributed by atoms with Crippen LogP contribution in [0.25, 0.3) is 0 Å². The molecule has 5 nitrogen and oxygen atoms in total. The second-order valence-electron chi connectivity index (χ2n) is 5.76. The van der Waals surface area contributed by atoms with Crippen LogP contribution in [0.1, 0.15) is 26.7 Å². The second-order valence-corrected chi connectivity index (χ2v) is 5.76. The first-order chi connectivity index (χ1) is 8.05. The van der Waals surface area contributed by atoms with Crippen LogP contribution in [-0.4, -0.2) is 47.3 Å². The molecule has 1 N–H and O–H groups in total. The van der Waals surface area contributed by atoms with Crippen LogP contribution >= 0.6 is 0 Å². The molecule has 1 aromatic rings. The molecule has 0 amide bonds. The van der Waals surface area contributed by atoms with E-state index in [0.29, 0.717) is 11.5 Å². The largest absolute Gasteiger partial charge is 0.340 e. The first-order valence-electron chi connectivity index (χ1n) is 6.27. The first kappa shape index (κ1) is 12.5. The van der Waals surface area contributed by atoms with Crippen LogP contribution in [0.4, 0.5) is 0 Å². The Labute approximate surface area is 103 Å². The molecular weight excluding hydrogens is 216 g/mol. The summed E-state index contributed by atoms with van der Waals surface area (Å²) in [6, 6.07) is 0.555. The minimum absolute atomic E-state index is 0.309. The predicted octanol–water partition coefficient (Wildman–Crippen LogP) is 0.932. The molecule has 1 atom stereocenters. The van der Waals surface area contributed by atoms with E-state index >= 15 is 0 Å². The van der Waals surface area contributed by atoms with E-state index in [0.717, 1.165) is 38.5 Å². The Hall–Kier alpha value is -0.940. The lowest BCUT2D eigenvalue weighted by atomic mass is 9.85. The summed E-state index contributed by atoms with van der Waals surface area (Å²) in [4.78, 5) is 6.52. The van der Waals surface area contributed by atoms with Crippen LogP contribution < -0.4 is 5.32 Å². The summed E-state index contributed by atoms with van der Waals surface area (Å²) in [5.41, 5.74) is 0.309. The third-order valence-corrected chi connectivity index (χ3v) is 3.35. The lowest BCUT2D eigenvalue weighted by molar-refractivity contribution is 0.133. The fourth-order valence-electron chi connectivity index (χ4n) is 2.15. The third kappa shape index (κ3) is 3.51. The summed E-state index contributed by atoms with van der Waals surface area (Å²) >= 11 is 0. The van der Waals surface area contributed by atoms with Gasteiger partial charge in [0.15, 0.2) is 6.33 Å². The van der Waals surface area contributed by atoms with Gasteiger partial charge in [0.2, 0.25) is 5.89 Å². The van der Waals surface area contributed by atoms with Crippen molar-refractivity contribution in [2.24, 2.45) is 5.41 Å². The van der Waals surface area contributed by atoms with Crippen molar-refractivity contribution in [3.05, 3.63) is 12.2 Å². The highest BCUT2D eigenvalue weighted by Gasteiger charge is 2.29. The standard InChI is InChI=1S/C12H22N4O/c1-12(2,3)10-8-16(7-5-13-10)6-4-11-14-9-15-17-11/h9-10,13H,4-8H2,1-3H3. The molecular formula is C12H22N4O. The Balaban J connectivity index is 1.81. The van der Waals surface area contributed by atoms with Gasteiger partial charge in [0.05, 0.1) is 0 Å². The Morgan fingerprint density at radius 1 is 1.53 bits per heavy atom. The third-order valence-electron chi connectivity index (χ3n) is 3.35. The second kappa shape index (κ2) is 5.14. The van der Waals surface area contributed by atoms with Crippen molar-refractivity contribution in [2.75, 3.05) is 26.2 Å². The van der Waals surface area contributed by atoms with Gasteiger partial charge in [0.25, 0.3) is 0 Å². The van der Waals surface area contributed by atoms with Gasteiger partial charge in [-0.25, -0.2) is 0 Å². The molecule has 0 aromatic carbocycles. The van der Waals surface area contributed by atoms with E-state index in [9.17, 15) is 0 Å². The Morgan fingerprint density at radius 3 is 3.00 bits per heavy atom. The molecule has 0 aliphatic carbocycles.